The topological polar surface area (TPSA) is 66.8 Å². The number of hydrogen-bond acceptors (Lipinski definition) is 3. The molecule has 2 N–H and O–H groups in total. The zero-order chi connectivity index (χ0) is 12.8. The maximum atomic E-state index is 10.4. The molecule has 1 atom stereocenters. The van der Waals surface area contributed by atoms with Crippen LogP contribution in [0.4, 0.5) is 0 Å². The molecule has 0 bridgehead atoms. The highest BCUT2D eigenvalue weighted by Crippen LogP contribution is 2.25. The second kappa shape index (κ2) is 6.25. The van der Waals surface area contributed by atoms with Crippen LogP contribution >= 0.6 is 0 Å². The summed E-state index contributed by atoms with van der Waals surface area (Å²) in [5.74, 6) is -0.00648. The van der Waals surface area contributed by atoms with E-state index in [0.29, 0.717) is 11.7 Å². The van der Waals surface area contributed by atoms with Gasteiger partial charge in [-0.1, -0.05) is 32.0 Å². The zero-order valence-electron chi connectivity index (χ0n) is 10.1. The van der Waals surface area contributed by atoms with Gasteiger partial charge in [0.25, 0.3) is 0 Å². The Morgan fingerprint density at radius 3 is 2.59 bits per heavy atom. The highest BCUT2D eigenvalue weighted by molar-refractivity contribution is 5.67. The smallest absolute Gasteiger partial charge is 0.306 e. The first-order valence-electron chi connectivity index (χ1n) is 5.62. The second-order valence-corrected chi connectivity index (χ2v) is 4.26. The maximum absolute atomic E-state index is 10.4. The van der Waals surface area contributed by atoms with Crippen LogP contribution in [0.1, 0.15) is 31.7 Å². The predicted molar refractivity (Wildman–Crippen MR) is 64.3 cm³/mol. The van der Waals surface area contributed by atoms with Crippen molar-refractivity contribution in [3.05, 3.63) is 29.8 Å². The molecule has 0 radical (unpaired) electrons. The number of hydrogen-bond donors (Lipinski definition) is 2. The number of aliphatic carboxylic acids is 1. The summed E-state index contributed by atoms with van der Waals surface area (Å²) >= 11 is 0. The monoisotopic (exact) mass is 238 g/mol. The van der Waals surface area contributed by atoms with Gasteiger partial charge < -0.3 is 14.9 Å². The minimum Gasteiger partial charge on any atom is -0.491 e. The molecule has 0 aliphatic rings. The maximum Gasteiger partial charge on any atom is 0.306 e. The van der Waals surface area contributed by atoms with E-state index in [4.69, 9.17) is 9.84 Å². The highest BCUT2D eigenvalue weighted by atomic mass is 16.5. The van der Waals surface area contributed by atoms with Crippen LogP contribution < -0.4 is 4.74 Å². The van der Waals surface area contributed by atoms with Crippen LogP contribution in [0.15, 0.2) is 24.3 Å². The van der Waals surface area contributed by atoms with Gasteiger partial charge in [0.1, 0.15) is 12.4 Å². The molecule has 0 amide bonds. The van der Waals surface area contributed by atoms with Crippen LogP contribution in [0.3, 0.4) is 0 Å². The van der Waals surface area contributed by atoms with E-state index in [1.165, 1.54) is 0 Å². The molecule has 0 aliphatic heterocycles. The molecule has 94 valence electrons. The molecule has 0 spiro atoms. The summed E-state index contributed by atoms with van der Waals surface area (Å²) in [5, 5.41) is 17.9. The molecule has 0 aliphatic carbocycles. The van der Waals surface area contributed by atoms with Crippen LogP contribution in [-0.2, 0) is 4.79 Å². The largest absolute Gasteiger partial charge is 0.491 e. The van der Waals surface area contributed by atoms with Gasteiger partial charge in [0.05, 0.1) is 12.5 Å². The fourth-order valence-electron chi connectivity index (χ4n) is 1.54. The SMILES string of the molecule is CC(C)c1ccccc1OCC(O)CC(=O)O. The average molecular weight is 238 g/mol. The van der Waals surface area contributed by atoms with Gasteiger partial charge in [0, 0.05) is 0 Å². The van der Waals surface area contributed by atoms with Crippen molar-refractivity contribution in [3.63, 3.8) is 0 Å². The van der Waals surface area contributed by atoms with Gasteiger partial charge in [-0.3, -0.25) is 4.79 Å². The lowest BCUT2D eigenvalue weighted by atomic mass is 10.0. The van der Waals surface area contributed by atoms with Crippen molar-refractivity contribution >= 4 is 5.97 Å². The summed E-state index contributed by atoms with van der Waals surface area (Å²) in [6, 6.07) is 7.56. The van der Waals surface area contributed by atoms with Crippen molar-refractivity contribution in [1.29, 1.82) is 0 Å². The highest BCUT2D eigenvalue weighted by Gasteiger charge is 2.12. The Bertz CT molecular complexity index is 373. The van der Waals surface area contributed by atoms with Gasteiger partial charge in [0.2, 0.25) is 0 Å². The number of para-hydroxylation sites is 1. The molecule has 0 aromatic heterocycles. The Labute approximate surface area is 101 Å². The van der Waals surface area contributed by atoms with E-state index in [0.717, 1.165) is 5.56 Å². The fourth-order valence-corrected chi connectivity index (χ4v) is 1.54. The first kappa shape index (κ1) is 13.5. The lowest BCUT2D eigenvalue weighted by molar-refractivity contribution is -0.139. The minimum absolute atomic E-state index is 0.00394. The average Bonchev–Trinajstić information content (AvgIpc) is 2.25. The number of carboxylic acid groups (broad SMARTS) is 1. The summed E-state index contributed by atoms with van der Waals surface area (Å²) in [6.45, 7) is 4.10. The molecule has 4 nitrogen and oxygen atoms in total. The van der Waals surface area contributed by atoms with Crippen molar-refractivity contribution < 1.29 is 19.7 Å². The summed E-state index contributed by atoms with van der Waals surface area (Å²) in [5.41, 5.74) is 1.05. The number of carboxylic acids is 1. The third kappa shape index (κ3) is 4.44. The Morgan fingerprint density at radius 1 is 1.35 bits per heavy atom. The van der Waals surface area contributed by atoms with Gasteiger partial charge in [-0.25, -0.2) is 0 Å². The molecule has 1 aromatic rings. The van der Waals surface area contributed by atoms with E-state index < -0.39 is 12.1 Å². The Balaban J connectivity index is 2.60. The molecule has 0 heterocycles. The van der Waals surface area contributed by atoms with Crippen LogP contribution in [0.5, 0.6) is 5.75 Å². The van der Waals surface area contributed by atoms with E-state index in [1.54, 1.807) is 0 Å². The Hall–Kier alpha value is -1.55. The third-order valence-electron chi connectivity index (χ3n) is 2.38. The summed E-state index contributed by atoms with van der Waals surface area (Å²) < 4.78 is 5.45. The molecule has 17 heavy (non-hydrogen) atoms. The Morgan fingerprint density at radius 2 is 2.00 bits per heavy atom. The molecule has 0 saturated carbocycles. The lowest BCUT2D eigenvalue weighted by Crippen LogP contribution is -2.21. The van der Waals surface area contributed by atoms with E-state index >= 15 is 0 Å². The number of carbonyl (C=O) groups is 1. The number of ether oxygens (including phenoxy) is 1. The van der Waals surface area contributed by atoms with Crippen LogP contribution in [-0.4, -0.2) is 28.9 Å². The number of benzene rings is 1. The quantitative estimate of drug-likeness (QED) is 0.795. The summed E-state index contributed by atoms with van der Waals surface area (Å²) in [4.78, 5) is 10.4. The van der Waals surface area contributed by atoms with Gasteiger partial charge in [-0.15, -0.1) is 0 Å². The van der Waals surface area contributed by atoms with Gasteiger partial charge in [-0.2, -0.15) is 0 Å². The standard InChI is InChI=1S/C13H18O4/c1-9(2)11-5-3-4-6-12(11)17-8-10(14)7-13(15)16/h3-6,9-10,14H,7-8H2,1-2H3,(H,15,16). The van der Waals surface area contributed by atoms with Crippen molar-refractivity contribution in [2.45, 2.75) is 32.3 Å². The molecule has 0 fully saturated rings. The second-order valence-electron chi connectivity index (χ2n) is 4.26. The van der Waals surface area contributed by atoms with Crippen LogP contribution in [0.2, 0.25) is 0 Å². The molecule has 1 aromatic carbocycles. The minimum atomic E-state index is -1.03. The number of rotatable bonds is 6. The lowest BCUT2D eigenvalue weighted by Gasteiger charge is -2.15. The van der Waals surface area contributed by atoms with E-state index in [1.807, 2.05) is 24.3 Å². The van der Waals surface area contributed by atoms with Gasteiger partial charge in [0.15, 0.2) is 0 Å². The molecular formula is C13H18O4. The fraction of sp³-hybridized carbons (Fsp3) is 0.462. The molecule has 0 saturated heterocycles. The molecule has 1 rings (SSSR count). The van der Waals surface area contributed by atoms with Crippen molar-refractivity contribution in [2.75, 3.05) is 6.61 Å². The third-order valence-corrected chi connectivity index (χ3v) is 2.38. The van der Waals surface area contributed by atoms with Crippen molar-refractivity contribution in [3.8, 4) is 5.75 Å². The van der Waals surface area contributed by atoms with Crippen molar-refractivity contribution in [1.82, 2.24) is 0 Å². The van der Waals surface area contributed by atoms with Gasteiger partial charge >= 0.3 is 5.97 Å². The predicted octanol–water partition coefficient (Wildman–Crippen LogP) is 2.02. The normalized spacial score (nSPS) is 12.5. The molecular weight excluding hydrogens is 220 g/mol. The van der Waals surface area contributed by atoms with Crippen molar-refractivity contribution in [2.24, 2.45) is 0 Å². The molecule has 4 heteroatoms. The summed E-state index contributed by atoms with van der Waals surface area (Å²) in [7, 11) is 0. The van der Waals surface area contributed by atoms with Gasteiger partial charge in [-0.05, 0) is 17.5 Å². The Kier molecular flexibility index (Phi) is 4.97. The first-order valence-corrected chi connectivity index (χ1v) is 5.62. The van der Waals surface area contributed by atoms with E-state index in [9.17, 15) is 9.90 Å². The van der Waals surface area contributed by atoms with Crippen LogP contribution in [0, 0.1) is 0 Å². The zero-order valence-corrected chi connectivity index (χ0v) is 10.1. The van der Waals surface area contributed by atoms with Crippen LogP contribution in [0.25, 0.3) is 0 Å². The molecule has 1 unspecified atom stereocenters. The number of aliphatic hydroxyl groups excluding tert-OH is 1. The summed E-state index contributed by atoms with van der Waals surface area (Å²) in [6.07, 6.45) is -1.28. The van der Waals surface area contributed by atoms with E-state index in [-0.39, 0.29) is 13.0 Å². The first-order chi connectivity index (χ1) is 8.00. The number of aliphatic hydroxyl groups is 1. The van der Waals surface area contributed by atoms with E-state index in [2.05, 4.69) is 13.8 Å².